The lowest BCUT2D eigenvalue weighted by atomic mass is 9.84. The van der Waals surface area contributed by atoms with Gasteiger partial charge in [0.15, 0.2) is 0 Å². The molecule has 0 unspecified atom stereocenters. The van der Waals surface area contributed by atoms with Gasteiger partial charge in [0.05, 0.1) is 4.90 Å². The topological polar surface area (TPSA) is 83.7 Å². The number of halogens is 1. The zero-order valence-corrected chi connectivity index (χ0v) is 16.7. The van der Waals surface area contributed by atoms with E-state index < -0.39 is 15.6 Å². The van der Waals surface area contributed by atoms with Crippen molar-refractivity contribution in [2.24, 2.45) is 5.73 Å². The molecule has 2 heterocycles. The molecule has 144 valence electrons. The third-order valence-electron chi connectivity index (χ3n) is 5.74. The molecule has 1 amide bonds. The smallest absolute Gasteiger partial charge is 0.243 e. The van der Waals surface area contributed by atoms with Crippen LogP contribution in [-0.2, 0) is 14.8 Å². The molecular weight excluding hydrogens is 374 g/mol. The number of carbonyl (C=O) groups is 1. The molecule has 3 rings (SSSR count). The second-order valence-corrected chi connectivity index (χ2v) is 9.60. The molecule has 6 nitrogen and oxygen atoms in total. The van der Waals surface area contributed by atoms with Crippen molar-refractivity contribution in [2.45, 2.75) is 49.5 Å². The average molecular weight is 400 g/mol. The van der Waals surface area contributed by atoms with Crippen LogP contribution >= 0.6 is 11.6 Å². The summed E-state index contributed by atoms with van der Waals surface area (Å²) < 4.78 is 27.6. The van der Waals surface area contributed by atoms with Crippen LogP contribution in [-0.4, -0.2) is 55.2 Å². The van der Waals surface area contributed by atoms with E-state index in [9.17, 15) is 13.2 Å². The molecule has 2 aliphatic rings. The van der Waals surface area contributed by atoms with E-state index in [0.717, 1.165) is 25.9 Å². The number of amides is 1. The Morgan fingerprint density at radius 1 is 1.12 bits per heavy atom. The summed E-state index contributed by atoms with van der Waals surface area (Å²) in [5.41, 5.74) is 5.71. The van der Waals surface area contributed by atoms with Crippen LogP contribution in [0.3, 0.4) is 0 Å². The molecule has 2 saturated heterocycles. The Hall–Kier alpha value is -1.15. The molecule has 0 atom stereocenters. The number of primary amides is 1. The fourth-order valence-electron chi connectivity index (χ4n) is 4.13. The third kappa shape index (κ3) is 3.50. The highest BCUT2D eigenvalue weighted by Crippen LogP contribution is 2.34. The summed E-state index contributed by atoms with van der Waals surface area (Å²) in [6.07, 6.45) is 4.14. The molecule has 26 heavy (non-hydrogen) atoms. The van der Waals surface area contributed by atoms with Gasteiger partial charge in [0.1, 0.15) is 5.54 Å². The summed E-state index contributed by atoms with van der Waals surface area (Å²) >= 11 is 6.00. The van der Waals surface area contributed by atoms with Crippen molar-refractivity contribution < 1.29 is 13.2 Å². The normalized spacial score (nSPS) is 22.2. The molecule has 0 spiro atoms. The van der Waals surface area contributed by atoms with Gasteiger partial charge in [-0.1, -0.05) is 24.1 Å². The molecule has 0 aliphatic carbocycles. The van der Waals surface area contributed by atoms with Crippen molar-refractivity contribution in [3.8, 4) is 0 Å². The molecule has 2 aliphatic heterocycles. The average Bonchev–Trinajstić information content (AvgIpc) is 2.64. The standard InChI is InChI=1S/C18H26ClN3O3S/c1-14-5-6-15(19)13-16(14)26(24,25)22-11-7-18(8-12-22,17(20)23)21-9-3-2-4-10-21/h5-6,13H,2-4,7-12H2,1H3,(H2,20,23). The summed E-state index contributed by atoms with van der Waals surface area (Å²) in [6, 6.07) is 4.88. The van der Waals surface area contributed by atoms with Crippen LogP contribution in [0, 0.1) is 6.92 Å². The molecule has 1 aromatic carbocycles. The van der Waals surface area contributed by atoms with E-state index in [0.29, 0.717) is 23.4 Å². The van der Waals surface area contributed by atoms with Crippen molar-refractivity contribution >= 4 is 27.5 Å². The number of benzene rings is 1. The van der Waals surface area contributed by atoms with Crippen LogP contribution in [0.4, 0.5) is 0 Å². The summed E-state index contributed by atoms with van der Waals surface area (Å²) in [7, 11) is -3.64. The SMILES string of the molecule is Cc1ccc(Cl)cc1S(=O)(=O)N1CCC(C(N)=O)(N2CCCCC2)CC1. The molecule has 0 saturated carbocycles. The van der Waals surface area contributed by atoms with Crippen molar-refractivity contribution in [1.29, 1.82) is 0 Å². The Morgan fingerprint density at radius 2 is 1.73 bits per heavy atom. The first-order valence-corrected chi connectivity index (χ1v) is 10.9. The number of rotatable bonds is 4. The molecule has 0 aromatic heterocycles. The lowest BCUT2D eigenvalue weighted by molar-refractivity contribution is -0.134. The monoisotopic (exact) mass is 399 g/mol. The van der Waals surface area contributed by atoms with E-state index in [1.54, 1.807) is 19.1 Å². The minimum absolute atomic E-state index is 0.231. The Kier molecular flexibility index (Phi) is 5.63. The van der Waals surface area contributed by atoms with E-state index in [-0.39, 0.29) is 23.9 Å². The lowest BCUT2D eigenvalue weighted by Gasteiger charge is -2.47. The molecular formula is C18H26ClN3O3S. The Bertz CT molecular complexity index is 783. The van der Waals surface area contributed by atoms with E-state index in [1.807, 2.05) is 0 Å². The van der Waals surface area contributed by atoms with Gasteiger partial charge in [-0.2, -0.15) is 4.31 Å². The maximum absolute atomic E-state index is 13.1. The van der Waals surface area contributed by atoms with E-state index in [4.69, 9.17) is 17.3 Å². The van der Waals surface area contributed by atoms with Crippen LogP contribution in [0.5, 0.6) is 0 Å². The molecule has 0 radical (unpaired) electrons. The van der Waals surface area contributed by atoms with Gasteiger partial charge in [0.25, 0.3) is 0 Å². The van der Waals surface area contributed by atoms with E-state index >= 15 is 0 Å². The zero-order chi connectivity index (χ0) is 18.9. The first kappa shape index (κ1) is 19.6. The summed E-state index contributed by atoms with van der Waals surface area (Å²) in [4.78, 5) is 14.7. The second kappa shape index (κ2) is 7.46. The minimum Gasteiger partial charge on any atom is -0.368 e. The maximum Gasteiger partial charge on any atom is 0.243 e. The Balaban J connectivity index is 1.82. The van der Waals surface area contributed by atoms with Gasteiger partial charge in [0, 0.05) is 18.1 Å². The Labute approximate surface area is 160 Å². The largest absolute Gasteiger partial charge is 0.368 e. The lowest BCUT2D eigenvalue weighted by Crippen LogP contribution is -2.63. The van der Waals surface area contributed by atoms with Crippen LogP contribution in [0.15, 0.2) is 23.1 Å². The molecule has 1 aromatic rings. The number of aryl methyl sites for hydroxylation is 1. The maximum atomic E-state index is 13.1. The third-order valence-corrected chi connectivity index (χ3v) is 8.01. The molecule has 2 N–H and O–H groups in total. The first-order chi connectivity index (χ1) is 12.3. The summed E-state index contributed by atoms with van der Waals surface area (Å²) in [5.74, 6) is -0.338. The fourth-order valence-corrected chi connectivity index (χ4v) is 6.06. The minimum atomic E-state index is -3.64. The summed E-state index contributed by atoms with van der Waals surface area (Å²) in [6.45, 7) is 4.03. The number of hydrogen-bond donors (Lipinski definition) is 1. The number of nitrogens with two attached hydrogens (primary N) is 1. The number of hydrogen-bond acceptors (Lipinski definition) is 4. The van der Waals surface area contributed by atoms with E-state index in [2.05, 4.69) is 4.90 Å². The van der Waals surface area contributed by atoms with Crippen molar-refractivity contribution in [3.05, 3.63) is 28.8 Å². The summed E-state index contributed by atoms with van der Waals surface area (Å²) in [5, 5.41) is 0.394. The van der Waals surface area contributed by atoms with Crippen LogP contribution < -0.4 is 5.73 Å². The molecule has 8 heteroatoms. The predicted octanol–water partition coefficient (Wildman–Crippen LogP) is 2.14. The van der Waals surface area contributed by atoms with Gasteiger partial charge >= 0.3 is 0 Å². The predicted molar refractivity (Wildman–Crippen MR) is 102 cm³/mol. The highest BCUT2D eigenvalue weighted by atomic mass is 35.5. The van der Waals surface area contributed by atoms with Crippen molar-refractivity contribution in [3.63, 3.8) is 0 Å². The zero-order valence-electron chi connectivity index (χ0n) is 15.1. The fraction of sp³-hybridized carbons (Fsp3) is 0.611. The highest BCUT2D eigenvalue weighted by molar-refractivity contribution is 7.89. The highest BCUT2D eigenvalue weighted by Gasteiger charge is 2.47. The molecule has 2 fully saturated rings. The van der Waals surface area contributed by atoms with Gasteiger partial charge in [-0.25, -0.2) is 8.42 Å². The molecule has 0 bridgehead atoms. The van der Waals surface area contributed by atoms with Gasteiger partial charge in [-0.05, 0) is 63.4 Å². The number of sulfonamides is 1. The van der Waals surface area contributed by atoms with Gasteiger partial charge < -0.3 is 5.73 Å². The van der Waals surface area contributed by atoms with Gasteiger partial charge in [0.2, 0.25) is 15.9 Å². The number of nitrogens with zero attached hydrogens (tertiary/aromatic N) is 2. The first-order valence-electron chi connectivity index (χ1n) is 9.09. The Morgan fingerprint density at radius 3 is 2.31 bits per heavy atom. The van der Waals surface area contributed by atoms with E-state index in [1.165, 1.54) is 16.8 Å². The number of likely N-dealkylation sites (tertiary alicyclic amines) is 1. The van der Waals surface area contributed by atoms with Crippen LogP contribution in [0.25, 0.3) is 0 Å². The number of carbonyl (C=O) groups excluding carboxylic acids is 1. The van der Waals surface area contributed by atoms with Gasteiger partial charge in [-0.15, -0.1) is 0 Å². The van der Waals surface area contributed by atoms with Crippen LogP contribution in [0.2, 0.25) is 5.02 Å². The van der Waals surface area contributed by atoms with Gasteiger partial charge in [-0.3, -0.25) is 9.69 Å². The van der Waals surface area contributed by atoms with Crippen molar-refractivity contribution in [1.82, 2.24) is 9.21 Å². The number of piperidine rings is 2. The quantitative estimate of drug-likeness (QED) is 0.840. The van der Waals surface area contributed by atoms with Crippen molar-refractivity contribution in [2.75, 3.05) is 26.2 Å². The van der Waals surface area contributed by atoms with Crippen LogP contribution in [0.1, 0.15) is 37.7 Å². The second-order valence-electron chi connectivity index (χ2n) is 7.26.